The van der Waals surface area contributed by atoms with Gasteiger partial charge in [-0.05, 0) is 69.6 Å². The Bertz CT molecular complexity index is 954. The van der Waals surface area contributed by atoms with E-state index in [4.69, 9.17) is 0 Å². The predicted molar refractivity (Wildman–Crippen MR) is 116 cm³/mol. The van der Waals surface area contributed by atoms with Crippen molar-refractivity contribution < 1.29 is 8.42 Å². The van der Waals surface area contributed by atoms with Crippen LogP contribution in [0.15, 0.2) is 41.3 Å². The number of rotatable bonds is 6. The number of fused-ring (bicyclic) bond motifs is 1. The van der Waals surface area contributed by atoms with Crippen LogP contribution in [-0.4, -0.2) is 47.6 Å². The van der Waals surface area contributed by atoms with Gasteiger partial charge in [0, 0.05) is 31.9 Å². The van der Waals surface area contributed by atoms with E-state index in [0.29, 0.717) is 11.4 Å². The van der Waals surface area contributed by atoms with Gasteiger partial charge in [0.05, 0.1) is 4.90 Å². The lowest BCUT2D eigenvalue weighted by Gasteiger charge is -2.30. The van der Waals surface area contributed by atoms with Crippen LogP contribution in [-0.2, 0) is 16.4 Å². The Hall–Kier alpha value is -1.89. The summed E-state index contributed by atoms with van der Waals surface area (Å²) in [4.78, 5) is 4.71. The summed E-state index contributed by atoms with van der Waals surface area (Å²) in [6.07, 6.45) is 2.22. The third kappa shape index (κ3) is 4.40. The van der Waals surface area contributed by atoms with Crippen LogP contribution in [0.2, 0.25) is 0 Å². The van der Waals surface area contributed by atoms with Gasteiger partial charge < -0.3 is 9.80 Å². The smallest absolute Gasteiger partial charge is 0.240 e. The van der Waals surface area contributed by atoms with Gasteiger partial charge in [-0.3, -0.25) is 0 Å². The second kappa shape index (κ2) is 8.23. The minimum atomic E-state index is -3.56. The minimum Gasteiger partial charge on any atom is -0.374 e. The number of hydrogen-bond acceptors (Lipinski definition) is 4. The van der Waals surface area contributed by atoms with E-state index in [9.17, 15) is 8.42 Å². The first-order valence-electron chi connectivity index (χ1n) is 9.76. The van der Waals surface area contributed by atoms with Gasteiger partial charge in [0.25, 0.3) is 0 Å². The Morgan fingerprint density at radius 1 is 1.14 bits per heavy atom. The molecule has 0 unspecified atom stereocenters. The van der Waals surface area contributed by atoms with Crippen LogP contribution in [0.1, 0.15) is 34.7 Å². The molecule has 1 aliphatic heterocycles. The summed E-state index contributed by atoms with van der Waals surface area (Å²) < 4.78 is 28.5. The van der Waals surface area contributed by atoms with Crippen LogP contribution in [0, 0.1) is 13.8 Å². The summed E-state index contributed by atoms with van der Waals surface area (Å²) in [7, 11) is 2.54. The third-order valence-corrected chi connectivity index (χ3v) is 7.13. The largest absolute Gasteiger partial charge is 0.374 e. The normalized spacial score (nSPS) is 15.6. The van der Waals surface area contributed by atoms with Crippen LogP contribution in [0.5, 0.6) is 0 Å². The topological polar surface area (TPSA) is 52.7 Å². The van der Waals surface area contributed by atoms with E-state index in [1.807, 2.05) is 40.1 Å². The first kappa shape index (κ1) is 20.8. The molecule has 6 heteroatoms. The monoisotopic (exact) mass is 401 g/mol. The van der Waals surface area contributed by atoms with Crippen molar-refractivity contribution in [3.8, 4) is 0 Å². The standard InChI is InChI=1S/C22H31N3O2S/c1-16-8-11-22(17(2)13-16)28(26,27)23-15-21(24(3)4)19-9-10-20-18(14-19)7-6-12-25(20)5/h8-11,13-14,21,23H,6-7,12,15H2,1-5H3/t21-/m0/s1. The maximum absolute atomic E-state index is 12.9. The summed E-state index contributed by atoms with van der Waals surface area (Å²) in [6, 6.07) is 11.9. The molecule has 0 aliphatic carbocycles. The molecule has 5 nitrogen and oxygen atoms in total. The summed E-state index contributed by atoms with van der Waals surface area (Å²) in [6.45, 7) is 5.22. The molecule has 3 rings (SSSR count). The fourth-order valence-corrected chi connectivity index (χ4v) is 5.24. The van der Waals surface area contributed by atoms with E-state index in [2.05, 4.69) is 39.8 Å². The van der Waals surface area contributed by atoms with Crippen LogP contribution in [0.4, 0.5) is 5.69 Å². The molecule has 0 aromatic heterocycles. The maximum Gasteiger partial charge on any atom is 0.240 e. The van der Waals surface area contributed by atoms with Crippen LogP contribution < -0.4 is 9.62 Å². The Morgan fingerprint density at radius 2 is 1.89 bits per heavy atom. The quantitative estimate of drug-likeness (QED) is 0.807. The van der Waals surface area contributed by atoms with Crippen molar-refractivity contribution in [1.29, 1.82) is 0 Å². The molecule has 0 radical (unpaired) electrons. The SMILES string of the molecule is Cc1ccc(S(=O)(=O)NC[C@@H](c2ccc3c(c2)CCCN3C)N(C)C)c(C)c1. The highest BCUT2D eigenvalue weighted by Gasteiger charge is 2.23. The molecule has 1 heterocycles. The number of benzene rings is 2. The van der Waals surface area contributed by atoms with Crippen LogP contribution >= 0.6 is 0 Å². The molecule has 0 amide bonds. The van der Waals surface area contributed by atoms with Gasteiger partial charge in [0.15, 0.2) is 0 Å². The molecular formula is C22H31N3O2S. The molecule has 1 N–H and O–H groups in total. The van der Waals surface area contributed by atoms with Crippen molar-refractivity contribution in [3.63, 3.8) is 0 Å². The average Bonchev–Trinajstić information content (AvgIpc) is 2.61. The Kier molecular flexibility index (Phi) is 6.12. The first-order valence-corrected chi connectivity index (χ1v) is 11.2. The van der Waals surface area contributed by atoms with Crippen molar-refractivity contribution in [2.24, 2.45) is 0 Å². The Morgan fingerprint density at radius 3 is 2.57 bits per heavy atom. The molecule has 2 aromatic carbocycles. The van der Waals surface area contributed by atoms with E-state index in [1.54, 1.807) is 6.07 Å². The molecule has 152 valence electrons. The maximum atomic E-state index is 12.9. The number of hydrogen-bond donors (Lipinski definition) is 1. The summed E-state index contributed by atoms with van der Waals surface area (Å²) in [5, 5.41) is 0. The van der Waals surface area contributed by atoms with Crippen molar-refractivity contribution in [1.82, 2.24) is 9.62 Å². The second-order valence-electron chi connectivity index (χ2n) is 8.01. The highest BCUT2D eigenvalue weighted by molar-refractivity contribution is 7.89. The summed E-state index contributed by atoms with van der Waals surface area (Å²) >= 11 is 0. The van der Waals surface area contributed by atoms with Crippen molar-refractivity contribution in [2.45, 2.75) is 37.6 Å². The number of likely N-dealkylation sites (N-methyl/N-ethyl adjacent to an activating group) is 1. The molecule has 1 atom stereocenters. The molecule has 28 heavy (non-hydrogen) atoms. The fraction of sp³-hybridized carbons (Fsp3) is 0.455. The lowest BCUT2D eigenvalue weighted by Crippen LogP contribution is -2.35. The first-order chi connectivity index (χ1) is 13.2. The molecule has 1 aliphatic rings. The fourth-order valence-electron chi connectivity index (χ4n) is 3.98. The lowest BCUT2D eigenvalue weighted by molar-refractivity contribution is 0.299. The minimum absolute atomic E-state index is 0.0296. The zero-order chi connectivity index (χ0) is 20.5. The van der Waals surface area contributed by atoms with Crippen molar-refractivity contribution in [2.75, 3.05) is 39.1 Å². The summed E-state index contributed by atoms with van der Waals surface area (Å²) in [5.74, 6) is 0. The molecular weight excluding hydrogens is 370 g/mol. The molecule has 0 fully saturated rings. The van der Waals surface area contributed by atoms with Gasteiger partial charge in [0.2, 0.25) is 10.0 Å². The van der Waals surface area contributed by atoms with Gasteiger partial charge in [-0.15, -0.1) is 0 Å². The van der Waals surface area contributed by atoms with Gasteiger partial charge >= 0.3 is 0 Å². The van der Waals surface area contributed by atoms with E-state index in [1.165, 1.54) is 11.3 Å². The van der Waals surface area contributed by atoms with Gasteiger partial charge in [-0.2, -0.15) is 0 Å². The molecule has 0 spiro atoms. The van der Waals surface area contributed by atoms with Gasteiger partial charge in [-0.1, -0.05) is 29.8 Å². The lowest BCUT2D eigenvalue weighted by atomic mass is 9.96. The molecule has 0 saturated carbocycles. The van der Waals surface area contributed by atoms with E-state index < -0.39 is 10.0 Å². The average molecular weight is 402 g/mol. The van der Waals surface area contributed by atoms with E-state index >= 15 is 0 Å². The number of nitrogens with one attached hydrogen (secondary N) is 1. The van der Waals surface area contributed by atoms with Gasteiger partial charge in [0.1, 0.15) is 0 Å². The molecule has 0 saturated heterocycles. The van der Waals surface area contributed by atoms with Crippen LogP contribution in [0.25, 0.3) is 0 Å². The zero-order valence-electron chi connectivity index (χ0n) is 17.5. The van der Waals surface area contributed by atoms with Crippen molar-refractivity contribution in [3.05, 3.63) is 58.7 Å². The number of sulfonamides is 1. The van der Waals surface area contributed by atoms with Gasteiger partial charge in [-0.25, -0.2) is 13.1 Å². The number of nitrogens with zero attached hydrogens (tertiary/aromatic N) is 2. The van der Waals surface area contributed by atoms with Crippen molar-refractivity contribution >= 4 is 15.7 Å². The second-order valence-corrected chi connectivity index (χ2v) is 9.75. The predicted octanol–water partition coefficient (Wildman–Crippen LogP) is 3.27. The third-order valence-electron chi connectivity index (χ3n) is 5.55. The highest BCUT2D eigenvalue weighted by Crippen LogP contribution is 2.30. The Balaban J connectivity index is 1.82. The molecule has 0 bridgehead atoms. The van der Waals surface area contributed by atoms with Crippen LogP contribution in [0.3, 0.4) is 0 Å². The summed E-state index contributed by atoms with van der Waals surface area (Å²) in [5.41, 5.74) is 5.59. The number of aryl methyl sites for hydroxylation is 3. The van der Waals surface area contributed by atoms with E-state index in [0.717, 1.165) is 36.1 Å². The van der Waals surface area contributed by atoms with E-state index in [-0.39, 0.29) is 6.04 Å². The zero-order valence-corrected chi connectivity index (χ0v) is 18.3. The molecule has 2 aromatic rings. The highest BCUT2D eigenvalue weighted by atomic mass is 32.2. The number of anilines is 1. The Labute approximate surface area is 169 Å².